The molecule has 3 aromatic rings. The number of aromatic nitrogens is 2. The highest BCUT2D eigenvalue weighted by Crippen LogP contribution is 2.22. The summed E-state index contributed by atoms with van der Waals surface area (Å²) < 4.78 is 2.18. The van der Waals surface area contributed by atoms with E-state index in [1.807, 2.05) is 24.3 Å². The van der Waals surface area contributed by atoms with Gasteiger partial charge in [0.25, 0.3) is 0 Å². The third-order valence-corrected chi connectivity index (χ3v) is 4.07. The van der Waals surface area contributed by atoms with E-state index in [-0.39, 0.29) is 0 Å². The lowest BCUT2D eigenvalue weighted by Gasteiger charge is -2.08. The van der Waals surface area contributed by atoms with Gasteiger partial charge in [-0.15, -0.1) is 11.6 Å². The van der Waals surface area contributed by atoms with E-state index in [1.54, 1.807) is 0 Å². The molecule has 0 N–H and O–H groups in total. The molecule has 108 valence electrons. The first kappa shape index (κ1) is 14.4. The van der Waals surface area contributed by atoms with Gasteiger partial charge < -0.3 is 4.57 Å². The molecule has 1 aromatic heterocycles. The zero-order valence-electron chi connectivity index (χ0n) is 11.6. The molecule has 0 radical (unpaired) electrons. The van der Waals surface area contributed by atoms with Crippen molar-refractivity contribution >= 4 is 34.2 Å². The summed E-state index contributed by atoms with van der Waals surface area (Å²) in [5, 5.41) is 0.729. The number of alkyl halides is 1. The van der Waals surface area contributed by atoms with Gasteiger partial charge in [0.05, 0.1) is 16.9 Å². The summed E-state index contributed by atoms with van der Waals surface area (Å²) in [5.74, 6) is 1.32. The Bertz CT molecular complexity index is 735. The average Bonchev–Trinajstić information content (AvgIpc) is 2.86. The normalized spacial score (nSPS) is 11.1. The molecule has 0 aliphatic heterocycles. The third kappa shape index (κ3) is 3.22. The van der Waals surface area contributed by atoms with E-state index in [9.17, 15) is 0 Å². The van der Waals surface area contributed by atoms with Crippen LogP contribution in [-0.2, 0) is 18.8 Å². The Morgan fingerprint density at radius 3 is 2.62 bits per heavy atom. The minimum absolute atomic E-state index is 0.414. The molecular formula is C17H16Cl2N2. The molecule has 0 fully saturated rings. The lowest BCUT2D eigenvalue weighted by Crippen LogP contribution is -2.03. The molecule has 0 saturated carbocycles. The molecule has 21 heavy (non-hydrogen) atoms. The maximum atomic E-state index is 6.10. The minimum atomic E-state index is 0.414. The first-order valence-corrected chi connectivity index (χ1v) is 7.94. The van der Waals surface area contributed by atoms with Crippen molar-refractivity contribution in [3.63, 3.8) is 0 Å². The molecule has 0 atom stereocenters. The predicted molar refractivity (Wildman–Crippen MR) is 89.1 cm³/mol. The van der Waals surface area contributed by atoms with Gasteiger partial charge in [0.2, 0.25) is 0 Å². The van der Waals surface area contributed by atoms with Crippen molar-refractivity contribution in [2.45, 2.75) is 25.3 Å². The minimum Gasteiger partial charge on any atom is -0.327 e. The number of aryl methyl sites for hydroxylation is 2. The average molecular weight is 319 g/mol. The summed E-state index contributed by atoms with van der Waals surface area (Å²) in [5.41, 5.74) is 3.37. The first-order chi connectivity index (χ1) is 10.3. The molecule has 0 saturated heterocycles. The van der Waals surface area contributed by atoms with E-state index in [4.69, 9.17) is 23.2 Å². The van der Waals surface area contributed by atoms with Gasteiger partial charge in [-0.05, 0) is 36.6 Å². The van der Waals surface area contributed by atoms with Crippen molar-refractivity contribution in [3.05, 3.63) is 64.9 Å². The second-order valence-electron chi connectivity index (χ2n) is 5.04. The van der Waals surface area contributed by atoms with Crippen LogP contribution in [-0.4, -0.2) is 9.55 Å². The SMILES string of the molecule is ClCc1nc2ccc(Cl)cc2n1CCCc1ccccc1. The summed E-state index contributed by atoms with van der Waals surface area (Å²) in [6.07, 6.45) is 2.09. The molecule has 0 aliphatic carbocycles. The Balaban J connectivity index is 1.80. The quantitative estimate of drug-likeness (QED) is 0.601. The Kier molecular flexibility index (Phi) is 4.47. The van der Waals surface area contributed by atoms with Gasteiger partial charge in [0.1, 0.15) is 5.82 Å². The van der Waals surface area contributed by atoms with E-state index >= 15 is 0 Å². The number of nitrogens with zero attached hydrogens (tertiary/aromatic N) is 2. The Labute approximate surface area is 134 Å². The summed E-state index contributed by atoms with van der Waals surface area (Å²) in [4.78, 5) is 4.57. The van der Waals surface area contributed by atoms with Crippen LogP contribution in [0.5, 0.6) is 0 Å². The number of imidazole rings is 1. The molecule has 3 rings (SSSR count). The molecule has 0 aliphatic rings. The zero-order chi connectivity index (χ0) is 14.7. The number of hydrogen-bond donors (Lipinski definition) is 0. The highest BCUT2D eigenvalue weighted by molar-refractivity contribution is 6.31. The molecule has 0 bridgehead atoms. The van der Waals surface area contributed by atoms with E-state index in [0.717, 1.165) is 41.3 Å². The lowest BCUT2D eigenvalue weighted by atomic mass is 10.1. The maximum absolute atomic E-state index is 6.10. The predicted octanol–water partition coefficient (Wildman–Crippen LogP) is 5.06. The molecule has 2 nitrogen and oxygen atoms in total. The number of hydrogen-bond acceptors (Lipinski definition) is 1. The van der Waals surface area contributed by atoms with Gasteiger partial charge >= 0.3 is 0 Å². The van der Waals surface area contributed by atoms with E-state index in [1.165, 1.54) is 5.56 Å². The fourth-order valence-electron chi connectivity index (χ4n) is 2.58. The van der Waals surface area contributed by atoms with Crippen LogP contribution in [0.2, 0.25) is 5.02 Å². The number of fused-ring (bicyclic) bond motifs is 1. The van der Waals surface area contributed by atoms with Crippen molar-refractivity contribution in [2.24, 2.45) is 0 Å². The van der Waals surface area contributed by atoms with Crippen LogP contribution in [0.4, 0.5) is 0 Å². The topological polar surface area (TPSA) is 17.8 Å². The van der Waals surface area contributed by atoms with Gasteiger partial charge in [-0.2, -0.15) is 0 Å². The highest BCUT2D eigenvalue weighted by Gasteiger charge is 2.10. The molecule has 2 aromatic carbocycles. The molecular weight excluding hydrogens is 303 g/mol. The Morgan fingerprint density at radius 2 is 1.86 bits per heavy atom. The van der Waals surface area contributed by atoms with Crippen LogP contribution >= 0.6 is 23.2 Å². The second-order valence-corrected chi connectivity index (χ2v) is 5.74. The van der Waals surface area contributed by atoms with Gasteiger partial charge in [-0.1, -0.05) is 41.9 Å². The van der Waals surface area contributed by atoms with Crippen LogP contribution in [0.3, 0.4) is 0 Å². The van der Waals surface area contributed by atoms with Gasteiger partial charge in [-0.3, -0.25) is 0 Å². The number of rotatable bonds is 5. The van der Waals surface area contributed by atoms with Crippen molar-refractivity contribution in [1.82, 2.24) is 9.55 Å². The van der Waals surface area contributed by atoms with Crippen molar-refractivity contribution in [3.8, 4) is 0 Å². The van der Waals surface area contributed by atoms with E-state index < -0.39 is 0 Å². The van der Waals surface area contributed by atoms with Crippen molar-refractivity contribution in [1.29, 1.82) is 0 Å². The fourth-order valence-corrected chi connectivity index (χ4v) is 2.95. The molecule has 0 amide bonds. The summed E-state index contributed by atoms with van der Waals surface area (Å²) >= 11 is 12.1. The second kappa shape index (κ2) is 6.50. The zero-order valence-corrected chi connectivity index (χ0v) is 13.1. The van der Waals surface area contributed by atoms with Crippen molar-refractivity contribution in [2.75, 3.05) is 0 Å². The van der Waals surface area contributed by atoms with E-state index in [0.29, 0.717) is 5.88 Å². The van der Waals surface area contributed by atoms with Crippen molar-refractivity contribution < 1.29 is 0 Å². The molecule has 1 heterocycles. The monoisotopic (exact) mass is 318 g/mol. The van der Waals surface area contributed by atoms with Crippen LogP contribution < -0.4 is 0 Å². The smallest absolute Gasteiger partial charge is 0.124 e. The summed E-state index contributed by atoms with van der Waals surface area (Å²) in [6, 6.07) is 16.3. The van der Waals surface area contributed by atoms with Crippen LogP contribution in [0.15, 0.2) is 48.5 Å². The number of halogens is 2. The van der Waals surface area contributed by atoms with Crippen LogP contribution in [0.1, 0.15) is 17.8 Å². The fraction of sp³-hybridized carbons (Fsp3) is 0.235. The van der Waals surface area contributed by atoms with E-state index in [2.05, 4.69) is 33.8 Å². The van der Waals surface area contributed by atoms with Crippen LogP contribution in [0, 0.1) is 0 Å². The third-order valence-electron chi connectivity index (χ3n) is 3.60. The Morgan fingerprint density at radius 1 is 1.05 bits per heavy atom. The molecule has 0 unspecified atom stereocenters. The van der Waals surface area contributed by atoms with Gasteiger partial charge in [0, 0.05) is 11.6 Å². The summed E-state index contributed by atoms with van der Waals surface area (Å²) in [6.45, 7) is 0.897. The largest absolute Gasteiger partial charge is 0.327 e. The molecule has 0 spiro atoms. The van der Waals surface area contributed by atoms with Crippen LogP contribution in [0.25, 0.3) is 11.0 Å². The first-order valence-electron chi connectivity index (χ1n) is 7.02. The lowest BCUT2D eigenvalue weighted by molar-refractivity contribution is 0.638. The highest BCUT2D eigenvalue weighted by atomic mass is 35.5. The maximum Gasteiger partial charge on any atom is 0.124 e. The standard InChI is InChI=1S/C17H16Cl2N2/c18-12-17-20-15-9-8-14(19)11-16(15)21(17)10-4-7-13-5-2-1-3-6-13/h1-3,5-6,8-9,11H,4,7,10,12H2. The Hall–Kier alpha value is -1.51. The van der Waals surface area contributed by atoms with Gasteiger partial charge in [0.15, 0.2) is 0 Å². The molecule has 4 heteroatoms. The number of benzene rings is 2. The van der Waals surface area contributed by atoms with Gasteiger partial charge in [-0.25, -0.2) is 4.98 Å². The summed E-state index contributed by atoms with van der Waals surface area (Å²) in [7, 11) is 0.